The van der Waals surface area contributed by atoms with Gasteiger partial charge >= 0.3 is 5.97 Å². The number of benzene rings is 1. The molecule has 0 fully saturated rings. The fraction of sp³-hybridized carbons (Fsp3) is 0.458. The van der Waals surface area contributed by atoms with Crippen LogP contribution in [0.2, 0.25) is 0 Å². The number of rotatable bonds is 13. The van der Waals surface area contributed by atoms with Crippen molar-refractivity contribution >= 4 is 15.8 Å². The van der Waals surface area contributed by atoms with E-state index in [4.69, 9.17) is 19.3 Å². The molecule has 2 bridgehead atoms. The molecular weight excluding hydrogens is 448 g/mol. The summed E-state index contributed by atoms with van der Waals surface area (Å²) in [5, 5.41) is 17.9. The second-order valence-electron chi connectivity index (χ2n) is 7.40. The molecular formula is C24H32O8S. The first-order valence-corrected chi connectivity index (χ1v) is 12.6. The highest BCUT2D eigenvalue weighted by Gasteiger charge is 2.34. The number of aromatic carboxylic acids is 1. The fourth-order valence-corrected chi connectivity index (χ4v) is 4.50. The highest BCUT2D eigenvalue weighted by Crippen LogP contribution is 2.37. The summed E-state index contributed by atoms with van der Waals surface area (Å²) in [6.45, 7) is 6.67. The van der Waals surface area contributed by atoms with Crippen molar-refractivity contribution in [1.29, 1.82) is 0 Å². The van der Waals surface area contributed by atoms with E-state index in [1.807, 2.05) is 13.8 Å². The molecule has 0 amide bonds. The molecule has 0 aliphatic carbocycles. The summed E-state index contributed by atoms with van der Waals surface area (Å²) >= 11 is 0. The van der Waals surface area contributed by atoms with Crippen LogP contribution in [0.25, 0.3) is 0 Å². The van der Waals surface area contributed by atoms with E-state index in [0.29, 0.717) is 34.5 Å². The summed E-state index contributed by atoms with van der Waals surface area (Å²) in [5.74, 6) is -0.434. The molecule has 0 radical (unpaired) electrons. The largest absolute Gasteiger partial charge is 0.507 e. The van der Waals surface area contributed by atoms with Crippen LogP contribution in [0.15, 0.2) is 52.0 Å². The second-order valence-corrected chi connectivity index (χ2v) is 9.32. The van der Waals surface area contributed by atoms with E-state index in [9.17, 15) is 18.3 Å². The van der Waals surface area contributed by atoms with Gasteiger partial charge in [-0.25, -0.2) is 13.2 Å². The van der Waals surface area contributed by atoms with Crippen LogP contribution in [0.3, 0.4) is 0 Å². The summed E-state index contributed by atoms with van der Waals surface area (Å²) < 4.78 is 39.5. The molecule has 1 aromatic rings. The monoisotopic (exact) mass is 480 g/mol. The maximum Gasteiger partial charge on any atom is 0.339 e. The summed E-state index contributed by atoms with van der Waals surface area (Å²) in [6, 6.07) is 4.15. The Morgan fingerprint density at radius 1 is 0.970 bits per heavy atom. The van der Waals surface area contributed by atoms with Gasteiger partial charge in [-0.3, -0.25) is 0 Å². The van der Waals surface area contributed by atoms with Crippen molar-refractivity contribution in [3.8, 4) is 11.5 Å². The van der Waals surface area contributed by atoms with E-state index in [0.717, 1.165) is 45.3 Å². The molecule has 0 atom stereocenters. The molecule has 8 nitrogen and oxygen atoms in total. The predicted molar refractivity (Wildman–Crippen MR) is 125 cm³/mol. The zero-order valence-electron chi connectivity index (χ0n) is 19.1. The molecule has 2 heterocycles. The first kappa shape index (κ1) is 26.5. The van der Waals surface area contributed by atoms with Gasteiger partial charge in [0.15, 0.2) is 0 Å². The summed E-state index contributed by atoms with van der Waals surface area (Å²) in [7, 11) is -3.21. The standard InChI is InChI=1S/C14H20O4S.C10H12O4/c1-2-17-9-5-3-4-6-10-18-13-11-12-7-8-14(13)19(12,15)16;1-2-5-14-7-3-4-8(10(12)13)9(11)6-7/h7-8,11H,2-6,9-10H2,1H3;3-4,6,11H,2,5H2,1H3,(H,12,13). The lowest BCUT2D eigenvalue weighted by Gasteiger charge is -2.07. The summed E-state index contributed by atoms with van der Waals surface area (Å²) in [4.78, 5) is 11.2. The normalized spacial score (nSPS) is 15.2. The third kappa shape index (κ3) is 7.64. The number of hydrogen-bond donors (Lipinski definition) is 2. The molecule has 2 aliphatic heterocycles. The number of carboxylic acids is 1. The average molecular weight is 481 g/mol. The zero-order chi connectivity index (χ0) is 24.3. The van der Waals surface area contributed by atoms with Gasteiger partial charge in [-0.05, 0) is 56.9 Å². The van der Waals surface area contributed by atoms with Crippen LogP contribution in [-0.2, 0) is 19.3 Å². The van der Waals surface area contributed by atoms with Gasteiger partial charge in [0.1, 0.15) is 27.7 Å². The smallest absolute Gasteiger partial charge is 0.339 e. The molecule has 182 valence electrons. The van der Waals surface area contributed by atoms with Gasteiger partial charge in [0.25, 0.3) is 0 Å². The van der Waals surface area contributed by atoms with Gasteiger partial charge < -0.3 is 24.4 Å². The SMILES string of the molecule is CCCOc1ccc(C(=O)O)c(O)c1.CCOCCCCCCOC1=C2C=CC(=C1)S2(=O)=O. The Morgan fingerprint density at radius 3 is 2.24 bits per heavy atom. The lowest BCUT2D eigenvalue weighted by atomic mass is 10.2. The van der Waals surface area contributed by atoms with Crippen LogP contribution >= 0.6 is 0 Å². The van der Waals surface area contributed by atoms with E-state index in [1.54, 1.807) is 18.2 Å². The third-order valence-corrected chi connectivity index (χ3v) is 6.62. The maximum absolute atomic E-state index is 11.7. The van der Waals surface area contributed by atoms with Gasteiger partial charge in [0.2, 0.25) is 9.84 Å². The minimum atomic E-state index is -3.21. The number of carboxylic acid groups (broad SMARTS) is 1. The molecule has 0 spiro atoms. The van der Waals surface area contributed by atoms with Crippen LogP contribution in [0.5, 0.6) is 11.5 Å². The molecule has 0 unspecified atom stereocenters. The number of fused-ring (bicyclic) bond motifs is 2. The van der Waals surface area contributed by atoms with E-state index < -0.39 is 15.8 Å². The van der Waals surface area contributed by atoms with Gasteiger partial charge in [-0.15, -0.1) is 0 Å². The predicted octanol–water partition coefficient (Wildman–Crippen LogP) is 4.57. The summed E-state index contributed by atoms with van der Waals surface area (Å²) in [6.07, 6.45) is 9.91. The van der Waals surface area contributed by atoms with E-state index >= 15 is 0 Å². The number of phenols is 1. The molecule has 0 saturated heterocycles. The van der Waals surface area contributed by atoms with Crippen molar-refractivity contribution in [2.75, 3.05) is 26.4 Å². The third-order valence-electron chi connectivity index (χ3n) is 4.83. The highest BCUT2D eigenvalue weighted by molar-refractivity contribution is 8.00. The van der Waals surface area contributed by atoms with Crippen molar-refractivity contribution in [1.82, 2.24) is 0 Å². The number of unbranched alkanes of at least 4 members (excludes halogenated alkanes) is 3. The molecule has 9 heteroatoms. The second kappa shape index (κ2) is 13.1. The van der Waals surface area contributed by atoms with Crippen LogP contribution in [0.1, 0.15) is 56.3 Å². The maximum atomic E-state index is 11.7. The Kier molecular flexibility index (Phi) is 10.5. The Balaban J connectivity index is 0.000000245. The molecule has 2 N–H and O–H groups in total. The van der Waals surface area contributed by atoms with E-state index in [1.165, 1.54) is 18.2 Å². The Morgan fingerprint density at radius 2 is 1.70 bits per heavy atom. The number of sulfone groups is 1. The fourth-order valence-electron chi connectivity index (χ4n) is 3.11. The van der Waals surface area contributed by atoms with Gasteiger partial charge in [0.05, 0.1) is 18.1 Å². The molecule has 0 saturated carbocycles. The first-order valence-electron chi connectivity index (χ1n) is 11.1. The molecule has 1 aromatic carbocycles. The quantitative estimate of drug-likeness (QED) is 0.394. The Labute approximate surface area is 195 Å². The number of allylic oxidation sites excluding steroid dienone is 3. The Bertz CT molecular complexity index is 1010. The molecule has 0 aromatic heterocycles. The molecule has 33 heavy (non-hydrogen) atoms. The lowest BCUT2D eigenvalue weighted by molar-refractivity contribution is 0.0693. The van der Waals surface area contributed by atoms with Crippen molar-refractivity contribution in [3.63, 3.8) is 0 Å². The topological polar surface area (TPSA) is 119 Å². The highest BCUT2D eigenvalue weighted by atomic mass is 32.2. The van der Waals surface area contributed by atoms with Gasteiger partial charge in [-0.1, -0.05) is 13.3 Å². The van der Waals surface area contributed by atoms with Crippen molar-refractivity contribution in [2.24, 2.45) is 0 Å². The van der Waals surface area contributed by atoms with E-state index in [-0.39, 0.29) is 11.3 Å². The van der Waals surface area contributed by atoms with Crippen LogP contribution in [0.4, 0.5) is 0 Å². The Hall–Kier alpha value is -2.78. The van der Waals surface area contributed by atoms with Crippen molar-refractivity contribution in [3.05, 3.63) is 57.6 Å². The average Bonchev–Trinajstić information content (AvgIpc) is 3.20. The molecule has 3 rings (SSSR count). The van der Waals surface area contributed by atoms with Crippen molar-refractivity contribution < 1.29 is 37.6 Å². The summed E-state index contributed by atoms with van der Waals surface area (Å²) in [5.41, 5.74) is -0.117. The van der Waals surface area contributed by atoms with Crippen LogP contribution in [0, 0.1) is 0 Å². The minimum Gasteiger partial charge on any atom is -0.507 e. The van der Waals surface area contributed by atoms with Gasteiger partial charge in [0, 0.05) is 25.4 Å². The van der Waals surface area contributed by atoms with E-state index in [2.05, 4.69) is 0 Å². The molecule has 2 aliphatic rings. The van der Waals surface area contributed by atoms with Gasteiger partial charge in [-0.2, -0.15) is 0 Å². The number of ether oxygens (including phenoxy) is 3. The van der Waals surface area contributed by atoms with Crippen molar-refractivity contribution in [2.45, 2.75) is 46.0 Å². The number of aromatic hydroxyl groups is 1. The number of hydrogen-bond acceptors (Lipinski definition) is 7. The lowest BCUT2D eigenvalue weighted by Crippen LogP contribution is -1.98. The zero-order valence-corrected chi connectivity index (χ0v) is 19.9. The first-order chi connectivity index (χ1) is 15.8. The van der Waals surface area contributed by atoms with Crippen LogP contribution < -0.4 is 4.74 Å². The number of carbonyl (C=O) groups is 1. The minimum absolute atomic E-state index is 0.117. The van der Waals surface area contributed by atoms with Crippen LogP contribution in [-0.4, -0.2) is 51.0 Å².